The molecule has 0 atom stereocenters. The fourth-order valence-electron chi connectivity index (χ4n) is 1.57. The second kappa shape index (κ2) is 8.11. The van der Waals surface area contributed by atoms with Gasteiger partial charge in [0.25, 0.3) is 0 Å². The van der Waals surface area contributed by atoms with Crippen molar-refractivity contribution >= 4 is 4.99 Å². The average molecular weight is 301 g/mol. The summed E-state index contributed by atoms with van der Waals surface area (Å²) in [6.07, 6.45) is 3.19. The molecular weight excluding hydrogens is 283 g/mol. The van der Waals surface area contributed by atoms with Crippen molar-refractivity contribution in [2.24, 2.45) is 0 Å². The number of hydrogen-bond donors (Lipinski definition) is 0. The topological polar surface area (TPSA) is 18.5 Å². The van der Waals surface area contributed by atoms with Crippen molar-refractivity contribution in [3.63, 3.8) is 0 Å². The zero-order valence-corrected chi connectivity index (χ0v) is 11.9. The fraction of sp³-hybridized carbons (Fsp3) is 0.250. The second-order valence-corrected chi connectivity index (χ2v) is 4.35. The van der Waals surface area contributed by atoms with Crippen LogP contribution in [0.3, 0.4) is 0 Å². The van der Waals surface area contributed by atoms with Gasteiger partial charge in [0.15, 0.2) is 0 Å². The Hall–Kier alpha value is -1.15. The summed E-state index contributed by atoms with van der Waals surface area (Å²) in [5.41, 5.74) is 1.84. The van der Waals surface area contributed by atoms with Crippen LogP contribution in [0.5, 0.6) is 0 Å². The van der Waals surface area contributed by atoms with Gasteiger partial charge in [-0.3, -0.25) is 0 Å². The van der Waals surface area contributed by atoms with Crippen LogP contribution in [-0.2, 0) is 24.5 Å². The Bertz CT molecular complexity index is 431. The van der Waals surface area contributed by atoms with Crippen LogP contribution >= 0.6 is 0 Å². The summed E-state index contributed by atoms with van der Waals surface area (Å²) in [7, 11) is 0. The molecule has 19 heavy (non-hydrogen) atoms. The van der Waals surface area contributed by atoms with Crippen molar-refractivity contribution in [2.45, 2.75) is 12.7 Å². The molecule has 0 unspecified atom stereocenters. The maximum Gasteiger partial charge on any atom is -0.0866 e. The fourth-order valence-corrected chi connectivity index (χ4v) is 1.75. The first-order valence-corrected chi connectivity index (χ1v) is 6.50. The van der Waals surface area contributed by atoms with Gasteiger partial charge in [0.05, 0.1) is 0 Å². The summed E-state index contributed by atoms with van der Waals surface area (Å²) in [4.78, 5) is 1.54. The molecule has 1 aromatic rings. The van der Waals surface area contributed by atoms with Gasteiger partial charge < -0.3 is 0 Å². The number of hydrogen-bond acceptors (Lipinski definition) is 2. The first-order valence-electron chi connectivity index (χ1n) is 5.93. The summed E-state index contributed by atoms with van der Waals surface area (Å²) in [5.74, 6) is -0.698. The Labute approximate surface area is 123 Å². The zero-order valence-electron chi connectivity index (χ0n) is 11.0. The predicted molar refractivity (Wildman–Crippen MR) is 74.2 cm³/mol. The number of rotatable bonds is 3. The zero-order chi connectivity index (χ0) is 14.1. The molecule has 0 aromatic heterocycles. The Balaban J connectivity index is 0.000000218. The number of allylic oxidation sites excluding steroid dienone is 1. The molecule has 0 amide bonds. The number of benzene rings is 1. The molecule has 0 aliphatic carbocycles. The third-order valence-corrected chi connectivity index (χ3v) is 2.78. The predicted octanol–water partition coefficient (Wildman–Crippen LogP) is 2.88. The molecule has 1 heterocycles. The molecule has 1 fully saturated rings. The summed E-state index contributed by atoms with van der Waals surface area (Å²) in [6.45, 7) is 12.2. The van der Waals surface area contributed by atoms with Crippen LogP contribution in [0.4, 0.5) is 0 Å². The molecule has 1 saturated heterocycles. The second-order valence-electron chi connectivity index (χ2n) is 4.02. The van der Waals surface area contributed by atoms with Gasteiger partial charge in [-0.25, -0.2) is 0 Å². The van der Waals surface area contributed by atoms with Crippen molar-refractivity contribution in [3.05, 3.63) is 67.1 Å². The minimum Gasteiger partial charge on any atom is -0.199 e. The van der Waals surface area contributed by atoms with Crippen molar-refractivity contribution in [1.82, 2.24) is 0 Å². The standard InChI is InChI=1S/C9H11O2.C7H7.Ni/c1-4-8(5-2)9(3)10-6-7-11-9;1-7-5-3-2-4-6-7;/h1-2,4-5H,6-7H2,3H3;2-6H,1H2;/q2*-1;/b8-4+;;. The summed E-state index contributed by atoms with van der Waals surface area (Å²) < 4.78 is 10.8. The SMILES string of the molecule is [CH-]=C/C(=C\[CH]=[Ni])C1(C)OCCO1.[CH2-]c1ccccc1. The van der Waals surface area contributed by atoms with Crippen molar-refractivity contribution in [1.29, 1.82) is 0 Å². The molecule has 2 nitrogen and oxygen atoms in total. The van der Waals surface area contributed by atoms with E-state index in [0.717, 1.165) is 11.1 Å². The first kappa shape index (κ1) is 15.9. The van der Waals surface area contributed by atoms with Gasteiger partial charge >= 0.3 is 79.7 Å². The normalized spacial score (nSPS) is 17.3. The van der Waals surface area contributed by atoms with E-state index >= 15 is 0 Å². The third-order valence-electron chi connectivity index (χ3n) is 2.62. The van der Waals surface area contributed by atoms with E-state index in [0.29, 0.717) is 13.2 Å². The molecule has 1 aromatic carbocycles. The molecule has 1 aliphatic rings. The van der Waals surface area contributed by atoms with Crippen molar-refractivity contribution in [3.8, 4) is 0 Å². The molecule has 1 aliphatic heterocycles. The van der Waals surface area contributed by atoms with Crippen LogP contribution in [0.1, 0.15) is 12.5 Å². The Kier molecular flexibility index (Phi) is 6.79. The Morgan fingerprint density at radius 3 is 2.26 bits per heavy atom. The molecule has 3 heteroatoms. The van der Waals surface area contributed by atoms with Crippen LogP contribution in [0.25, 0.3) is 0 Å². The summed E-state index contributed by atoms with van der Waals surface area (Å²) in [6, 6.07) is 9.87. The van der Waals surface area contributed by atoms with Crippen LogP contribution < -0.4 is 0 Å². The number of ether oxygens (including phenoxy) is 2. The van der Waals surface area contributed by atoms with Gasteiger partial charge in [0.2, 0.25) is 0 Å². The molecular formula is C16H18NiO2-2. The maximum atomic E-state index is 5.41. The summed E-state index contributed by atoms with van der Waals surface area (Å²) >= 11 is 4.42. The maximum absolute atomic E-state index is 5.41. The van der Waals surface area contributed by atoms with E-state index in [2.05, 4.69) is 22.0 Å². The largest absolute Gasteiger partial charge is 0.199 e. The van der Waals surface area contributed by atoms with Crippen molar-refractivity contribution < 1.29 is 24.5 Å². The molecule has 0 N–H and O–H groups in total. The molecule has 0 spiro atoms. The molecule has 0 radical (unpaired) electrons. The van der Waals surface area contributed by atoms with E-state index in [1.54, 1.807) is 6.08 Å². The van der Waals surface area contributed by atoms with Gasteiger partial charge in [-0.1, -0.05) is 6.07 Å². The van der Waals surface area contributed by atoms with Crippen LogP contribution in [-0.4, -0.2) is 24.0 Å². The van der Waals surface area contributed by atoms with Crippen LogP contribution in [0.2, 0.25) is 0 Å². The summed E-state index contributed by atoms with van der Waals surface area (Å²) in [5, 5.41) is 0. The van der Waals surface area contributed by atoms with E-state index in [9.17, 15) is 0 Å². The minimum absolute atomic E-state index is 0.600. The van der Waals surface area contributed by atoms with Gasteiger partial charge in [-0.15, -0.1) is 12.1 Å². The monoisotopic (exact) mass is 300 g/mol. The molecule has 2 rings (SSSR count). The van der Waals surface area contributed by atoms with Crippen molar-refractivity contribution in [2.75, 3.05) is 13.2 Å². The molecule has 106 valence electrons. The van der Waals surface area contributed by atoms with E-state index in [4.69, 9.17) is 16.1 Å². The van der Waals surface area contributed by atoms with E-state index in [1.807, 2.05) is 37.3 Å². The quantitative estimate of drug-likeness (QED) is 0.485. The average Bonchev–Trinajstić information content (AvgIpc) is 2.85. The Morgan fingerprint density at radius 2 is 1.89 bits per heavy atom. The van der Waals surface area contributed by atoms with Gasteiger partial charge in [-0.2, -0.15) is 24.6 Å². The van der Waals surface area contributed by atoms with Gasteiger partial charge in [0, 0.05) is 0 Å². The van der Waals surface area contributed by atoms with E-state index in [1.165, 1.54) is 11.1 Å². The van der Waals surface area contributed by atoms with Crippen LogP contribution in [0.15, 0.2) is 48.1 Å². The van der Waals surface area contributed by atoms with E-state index in [-0.39, 0.29) is 0 Å². The van der Waals surface area contributed by atoms with Gasteiger partial charge in [-0.05, 0) is 0 Å². The third kappa shape index (κ3) is 5.16. The first-order chi connectivity index (χ1) is 9.12. The Morgan fingerprint density at radius 1 is 1.32 bits per heavy atom. The van der Waals surface area contributed by atoms with Gasteiger partial charge in [0.1, 0.15) is 0 Å². The van der Waals surface area contributed by atoms with Crippen LogP contribution in [0, 0.1) is 13.5 Å². The minimum atomic E-state index is -0.698. The smallest absolute Gasteiger partial charge is 0.0866 e. The molecule has 0 saturated carbocycles. The molecule has 0 bridgehead atoms. The van der Waals surface area contributed by atoms with E-state index < -0.39 is 5.79 Å².